The lowest BCUT2D eigenvalue weighted by atomic mass is 9.75. The molecule has 8 nitrogen and oxygen atoms in total. The molecule has 42 heavy (non-hydrogen) atoms. The zero-order valence-corrected chi connectivity index (χ0v) is 25.9. The van der Waals surface area contributed by atoms with E-state index >= 15 is 0 Å². The normalized spacial score (nSPS) is 23.0. The van der Waals surface area contributed by atoms with E-state index in [2.05, 4.69) is 34.6 Å². The van der Waals surface area contributed by atoms with Crippen molar-refractivity contribution in [3.8, 4) is 11.3 Å². The van der Waals surface area contributed by atoms with Crippen molar-refractivity contribution in [3.63, 3.8) is 0 Å². The number of carbonyl (C=O) groups is 3. The number of aliphatic carboxylic acids is 1. The van der Waals surface area contributed by atoms with Crippen LogP contribution in [0.1, 0.15) is 95.6 Å². The zero-order chi connectivity index (χ0) is 30.4. The monoisotopic (exact) mass is 592 g/mol. The van der Waals surface area contributed by atoms with E-state index in [0.29, 0.717) is 61.4 Å². The second-order valence-corrected chi connectivity index (χ2v) is 14.1. The molecule has 2 aliphatic rings. The average Bonchev–Trinajstić information content (AvgIpc) is 3.30. The number of ketones is 1. The van der Waals surface area contributed by atoms with E-state index in [9.17, 15) is 19.5 Å². The van der Waals surface area contributed by atoms with Crippen LogP contribution < -0.4 is 0 Å². The number of nitrogens with zero attached hydrogens (tertiary/aromatic N) is 4. The van der Waals surface area contributed by atoms with Crippen molar-refractivity contribution < 1.29 is 19.5 Å². The van der Waals surface area contributed by atoms with Crippen LogP contribution in [0.4, 0.5) is 0 Å². The fourth-order valence-corrected chi connectivity index (χ4v) is 6.67. The molecule has 2 aromatic heterocycles. The zero-order valence-electron chi connectivity index (χ0n) is 25.2. The lowest BCUT2D eigenvalue weighted by molar-refractivity contribution is -0.144. The van der Waals surface area contributed by atoms with Gasteiger partial charge in [-0.15, -0.1) is 0 Å². The van der Waals surface area contributed by atoms with E-state index < -0.39 is 11.5 Å². The summed E-state index contributed by atoms with van der Waals surface area (Å²) < 4.78 is 1.71. The third-order valence-electron chi connectivity index (χ3n) is 9.26. The van der Waals surface area contributed by atoms with Crippen molar-refractivity contribution in [3.05, 3.63) is 52.8 Å². The van der Waals surface area contributed by atoms with Gasteiger partial charge >= 0.3 is 5.97 Å². The summed E-state index contributed by atoms with van der Waals surface area (Å²) in [6.45, 7) is 10.9. The van der Waals surface area contributed by atoms with Crippen molar-refractivity contribution in [1.82, 2.24) is 19.5 Å². The minimum atomic E-state index is -0.760. The number of rotatable bonds is 5. The predicted molar refractivity (Wildman–Crippen MR) is 163 cm³/mol. The van der Waals surface area contributed by atoms with Gasteiger partial charge in [-0.05, 0) is 82.4 Å². The molecule has 2 fully saturated rings. The van der Waals surface area contributed by atoms with E-state index in [1.165, 1.54) is 0 Å². The molecule has 1 atom stereocenters. The first kappa shape index (κ1) is 30.2. The molecule has 0 spiro atoms. The number of hydrogen-bond donors (Lipinski definition) is 1. The summed E-state index contributed by atoms with van der Waals surface area (Å²) in [5, 5.41) is 14.8. The Labute approximate surface area is 252 Å². The van der Waals surface area contributed by atoms with Gasteiger partial charge in [-0.3, -0.25) is 14.4 Å². The smallest absolute Gasteiger partial charge is 0.306 e. The molecular formula is C33H41ClN4O4. The molecule has 224 valence electrons. The maximum absolute atomic E-state index is 14.0. The molecule has 1 aromatic carbocycles. The van der Waals surface area contributed by atoms with Crippen LogP contribution in [-0.4, -0.2) is 54.3 Å². The van der Waals surface area contributed by atoms with E-state index in [-0.39, 0.29) is 34.9 Å². The van der Waals surface area contributed by atoms with Gasteiger partial charge in [0.15, 0.2) is 5.65 Å². The number of likely N-dealkylation sites (tertiary alicyclic amines) is 1. The molecule has 1 unspecified atom stereocenters. The molecule has 1 saturated carbocycles. The summed E-state index contributed by atoms with van der Waals surface area (Å²) in [6, 6.07) is 9.57. The van der Waals surface area contributed by atoms with Gasteiger partial charge in [0.2, 0.25) is 0 Å². The summed E-state index contributed by atoms with van der Waals surface area (Å²) in [5.74, 6) is -1.21. The Morgan fingerprint density at radius 1 is 0.952 bits per heavy atom. The number of fused-ring (bicyclic) bond motifs is 1. The Morgan fingerprint density at radius 3 is 2.19 bits per heavy atom. The van der Waals surface area contributed by atoms with Gasteiger partial charge in [0.25, 0.3) is 5.91 Å². The van der Waals surface area contributed by atoms with Crippen molar-refractivity contribution >= 4 is 34.9 Å². The fraction of sp³-hybridized carbons (Fsp3) is 0.545. The first-order chi connectivity index (χ1) is 19.7. The minimum Gasteiger partial charge on any atom is -0.481 e. The van der Waals surface area contributed by atoms with Crippen LogP contribution in [-0.2, 0) is 15.0 Å². The number of carboxylic acids is 1. The molecule has 1 aliphatic heterocycles. The molecule has 5 rings (SSSR count). The van der Waals surface area contributed by atoms with Crippen molar-refractivity contribution in [2.24, 2.45) is 17.8 Å². The molecule has 3 heterocycles. The highest BCUT2D eigenvalue weighted by molar-refractivity contribution is 6.30. The third-order valence-corrected chi connectivity index (χ3v) is 9.51. The van der Waals surface area contributed by atoms with Crippen molar-refractivity contribution in [1.29, 1.82) is 0 Å². The number of hydrogen-bond acceptors (Lipinski definition) is 5. The summed E-state index contributed by atoms with van der Waals surface area (Å²) >= 11 is 6.11. The van der Waals surface area contributed by atoms with Gasteiger partial charge in [-0.1, -0.05) is 44.5 Å². The highest BCUT2D eigenvalue weighted by atomic mass is 35.5. The molecule has 1 amide bonds. The van der Waals surface area contributed by atoms with Gasteiger partial charge in [0, 0.05) is 40.1 Å². The quantitative estimate of drug-likeness (QED) is 0.348. The third kappa shape index (κ3) is 6.10. The van der Waals surface area contributed by atoms with Gasteiger partial charge in [0.1, 0.15) is 11.5 Å². The number of amides is 1. The number of benzene rings is 1. The van der Waals surface area contributed by atoms with Gasteiger partial charge in [0.05, 0.1) is 17.8 Å². The van der Waals surface area contributed by atoms with Crippen LogP contribution in [0.3, 0.4) is 0 Å². The van der Waals surface area contributed by atoms with Crippen LogP contribution >= 0.6 is 11.6 Å². The van der Waals surface area contributed by atoms with Crippen LogP contribution in [0.25, 0.3) is 16.9 Å². The molecule has 1 saturated heterocycles. The number of carboxylic acid groups (broad SMARTS) is 1. The van der Waals surface area contributed by atoms with Crippen molar-refractivity contribution in [2.45, 2.75) is 90.5 Å². The van der Waals surface area contributed by atoms with Crippen LogP contribution in [0.5, 0.6) is 0 Å². The highest BCUT2D eigenvalue weighted by Gasteiger charge is 2.40. The Morgan fingerprint density at radius 2 is 1.57 bits per heavy atom. The molecule has 1 aliphatic carbocycles. The summed E-state index contributed by atoms with van der Waals surface area (Å²) in [4.78, 5) is 45.6. The maximum atomic E-state index is 14.0. The highest BCUT2D eigenvalue weighted by Crippen LogP contribution is 2.37. The largest absolute Gasteiger partial charge is 0.481 e. The molecule has 0 radical (unpaired) electrons. The summed E-state index contributed by atoms with van der Waals surface area (Å²) in [5.41, 5.74) is 2.99. The Balaban J connectivity index is 1.39. The Kier molecular flexibility index (Phi) is 8.23. The second-order valence-electron chi connectivity index (χ2n) is 13.7. The van der Waals surface area contributed by atoms with Crippen LogP contribution in [0.15, 0.2) is 36.5 Å². The number of halogens is 1. The maximum Gasteiger partial charge on any atom is 0.306 e. The number of carbonyl (C=O) groups excluding carboxylic acids is 2. The first-order valence-electron chi connectivity index (χ1n) is 15.0. The summed E-state index contributed by atoms with van der Waals surface area (Å²) in [7, 11) is 0. The first-order valence-corrected chi connectivity index (χ1v) is 15.4. The number of aromatic nitrogens is 3. The Bertz CT molecular complexity index is 1500. The molecule has 0 bridgehead atoms. The van der Waals surface area contributed by atoms with E-state index in [0.717, 1.165) is 23.2 Å². The average molecular weight is 593 g/mol. The standard InChI is InChI=1S/C33H41ClN4O4/c1-32(2,3)25-18-26(20-10-12-24(34)13-11-20)36-38-19-27(35-29(25)38)30(40)37-17-15-22(14-16-33(37,4)5)28(39)21-6-8-23(9-7-21)31(41)42/h10-13,18-19,21-23H,6-9,14-17H2,1-5H3,(H,41,42). The topological polar surface area (TPSA) is 105 Å². The van der Waals surface area contributed by atoms with Crippen LogP contribution in [0.2, 0.25) is 5.02 Å². The summed E-state index contributed by atoms with van der Waals surface area (Å²) in [6.07, 6.45) is 6.16. The van der Waals surface area contributed by atoms with E-state index in [1.54, 1.807) is 10.7 Å². The number of Topliss-reactive ketones (excluding diaryl/α,β-unsaturated/α-hetero) is 1. The van der Waals surface area contributed by atoms with E-state index in [1.807, 2.05) is 35.2 Å². The minimum absolute atomic E-state index is 0.0777. The molecule has 9 heteroatoms. The molecule has 3 aromatic rings. The van der Waals surface area contributed by atoms with Crippen molar-refractivity contribution in [2.75, 3.05) is 6.54 Å². The second kappa shape index (κ2) is 11.4. The van der Waals surface area contributed by atoms with Gasteiger partial charge in [-0.2, -0.15) is 5.10 Å². The van der Waals surface area contributed by atoms with E-state index in [4.69, 9.17) is 21.7 Å². The SMILES string of the molecule is CC(C)(C)c1cc(-c2ccc(Cl)cc2)nn2cc(C(=O)N3CCC(C(=O)C4CCC(C(=O)O)CC4)CCC3(C)C)nc12. The van der Waals surface area contributed by atoms with Gasteiger partial charge < -0.3 is 10.0 Å². The lowest BCUT2D eigenvalue weighted by Gasteiger charge is -2.36. The fourth-order valence-electron chi connectivity index (χ4n) is 6.55. The van der Waals surface area contributed by atoms with Crippen LogP contribution in [0, 0.1) is 17.8 Å². The number of imidazole rings is 1. The van der Waals surface area contributed by atoms with Gasteiger partial charge in [-0.25, -0.2) is 9.50 Å². The predicted octanol–water partition coefficient (Wildman–Crippen LogP) is 6.83. The molecule has 1 N–H and O–H groups in total. The Hall–Kier alpha value is -3.26. The molecular weight excluding hydrogens is 552 g/mol. The lowest BCUT2D eigenvalue weighted by Crippen LogP contribution is -2.47.